The molecule has 4 rings (SSSR count). The number of benzene rings is 3. The van der Waals surface area contributed by atoms with Gasteiger partial charge < -0.3 is 21.8 Å². The monoisotopic (exact) mass is 438 g/mol. The van der Waals surface area contributed by atoms with E-state index in [4.69, 9.17) is 16.9 Å². The van der Waals surface area contributed by atoms with Crippen LogP contribution in [-0.2, 0) is 6.42 Å². The molecule has 1 aromatic heterocycles. The third-order valence-corrected chi connectivity index (χ3v) is 5.55. The van der Waals surface area contributed by atoms with E-state index in [9.17, 15) is 4.79 Å². The first-order valence-electron chi connectivity index (χ1n) is 10.7. The topological polar surface area (TPSA) is 134 Å². The third kappa shape index (κ3) is 4.77. The van der Waals surface area contributed by atoms with E-state index >= 15 is 0 Å². The quantitative estimate of drug-likeness (QED) is 0.208. The minimum absolute atomic E-state index is 0.0255. The zero-order valence-electron chi connectivity index (χ0n) is 18.3. The van der Waals surface area contributed by atoms with Gasteiger partial charge in [-0.1, -0.05) is 49.4 Å². The van der Waals surface area contributed by atoms with Gasteiger partial charge in [-0.15, -0.1) is 0 Å². The smallest absolute Gasteiger partial charge is 0.249 e. The van der Waals surface area contributed by atoms with E-state index in [1.165, 1.54) is 5.56 Å². The molecule has 0 aliphatic heterocycles. The standard InChI is InChI=1S/C26H26N6O/c1-2-16-6-5-7-18(14-16)23(31-19-12-10-17(11-13-19)24(27)28)26-30-15-22(32-26)20-8-3-4-9-21(20)25(29)33/h3-15,23,31H,2H2,1H3,(H3,27,28)(H2,29,33)(H,30,32)/t23-/m1/s1. The van der Waals surface area contributed by atoms with Crippen LogP contribution in [0, 0.1) is 5.41 Å². The fourth-order valence-corrected chi connectivity index (χ4v) is 3.77. The number of aromatic nitrogens is 2. The Morgan fingerprint density at radius 3 is 2.52 bits per heavy atom. The van der Waals surface area contributed by atoms with E-state index in [1.54, 1.807) is 30.5 Å². The van der Waals surface area contributed by atoms with Crippen molar-refractivity contribution in [3.8, 4) is 11.3 Å². The van der Waals surface area contributed by atoms with Crippen molar-refractivity contribution in [3.63, 3.8) is 0 Å². The summed E-state index contributed by atoms with van der Waals surface area (Å²) < 4.78 is 0. The Bertz CT molecular complexity index is 1290. The fraction of sp³-hybridized carbons (Fsp3) is 0.115. The van der Waals surface area contributed by atoms with Crippen LogP contribution in [0.1, 0.15) is 45.8 Å². The number of hydrogen-bond donors (Lipinski definition) is 5. The molecule has 1 heterocycles. The van der Waals surface area contributed by atoms with Gasteiger partial charge in [-0.25, -0.2) is 4.98 Å². The zero-order chi connectivity index (χ0) is 23.4. The first-order valence-corrected chi connectivity index (χ1v) is 10.7. The number of hydrogen-bond acceptors (Lipinski definition) is 4. The number of amidine groups is 1. The Balaban J connectivity index is 1.74. The maximum atomic E-state index is 11.9. The number of primary amides is 1. The second kappa shape index (κ2) is 9.40. The number of rotatable bonds is 8. The predicted octanol–water partition coefficient (Wildman–Crippen LogP) is 4.22. The molecule has 7 heteroatoms. The van der Waals surface area contributed by atoms with Crippen LogP contribution >= 0.6 is 0 Å². The molecule has 7 nitrogen and oxygen atoms in total. The Kier molecular flexibility index (Phi) is 6.22. The van der Waals surface area contributed by atoms with E-state index in [0.29, 0.717) is 28.2 Å². The van der Waals surface area contributed by atoms with Gasteiger partial charge in [0.2, 0.25) is 5.91 Å². The number of nitrogens with two attached hydrogens (primary N) is 2. The lowest BCUT2D eigenvalue weighted by Crippen LogP contribution is -2.15. The minimum atomic E-state index is -0.488. The number of aryl methyl sites for hydroxylation is 1. The summed E-state index contributed by atoms with van der Waals surface area (Å²) in [7, 11) is 0. The highest BCUT2D eigenvalue weighted by atomic mass is 16.1. The molecule has 0 bridgehead atoms. The molecule has 1 amide bonds. The average molecular weight is 439 g/mol. The SMILES string of the molecule is CCc1cccc([C@@H](Nc2ccc(C(=N)N)cc2)c2ncc(-c3ccccc3C(N)=O)[nH]2)c1. The number of imidazole rings is 1. The molecule has 0 saturated carbocycles. The molecule has 33 heavy (non-hydrogen) atoms. The van der Waals surface area contributed by atoms with Gasteiger partial charge in [0.1, 0.15) is 17.7 Å². The summed E-state index contributed by atoms with van der Waals surface area (Å²) in [6, 6.07) is 22.7. The largest absolute Gasteiger partial charge is 0.384 e. The number of amides is 1. The second-order valence-electron chi connectivity index (χ2n) is 7.76. The Morgan fingerprint density at radius 1 is 1.06 bits per heavy atom. The maximum absolute atomic E-state index is 11.9. The summed E-state index contributed by atoms with van der Waals surface area (Å²) >= 11 is 0. The lowest BCUT2D eigenvalue weighted by Gasteiger charge is -2.20. The van der Waals surface area contributed by atoms with Crippen LogP contribution in [0.25, 0.3) is 11.3 Å². The number of nitrogens with zero attached hydrogens (tertiary/aromatic N) is 1. The Labute approximate surface area is 192 Å². The number of nitrogens with one attached hydrogen (secondary N) is 3. The van der Waals surface area contributed by atoms with Crippen LogP contribution < -0.4 is 16.8 Å². The van der Waals surface area contributed by atoms with E-state index in [1.807, 2.05) is 30.3 Å². The molecule has 3 aromatic carbocycles. The first kappa shape index (κ1) is 21.8. The van der Waals surface area contributed by atoms with Crippen molar-refractivity contribution in [2.45, 2.75) is 19.4 Å². The number of H-pyrrole nitrogens is 1. The molecule has 0 aliphatic carbocycles. The van der Waals surface area contributed by atoms with E-state index < -0.39 is 5.91 Å². The molecule has 0 saturated heterocycles. The van der Waals surface area contributed by atoms with Crippen molar-refractivity contribution in [1.82, 2.24) is 9.97 Å². The number of nitrogen functional groups attached to an aromatic ring is 1. The molecule has 4 aromatic rings. The summed E-state index contributed by atoms with van der Waals surface area (Å²) in [5.41, 5.74) is 16.8. The van der Waals surface area contributed by atoms with Crippen molar-refractivity contribution in [1.29, 1.82) is 5.41 Å². The van der Waals surface area contributed by atoms with Crippen molar-refractivity contribution >= 4 is 17.4 Å². The molecular formula is C26H26N6O. The van der Waals surface area contributed by atoms with Crippen molar-refractivity contribution in [2.75, 3.05) is 5.32 Å². The molecule has 0 spiro atoms. The Hall–Kier alpha value is -4.39. The van der Waals surface area contributed by atoms with E-state index in [-0.39, 0.29) is 11.9 Å². The molecular weight excluding hydrogens is 412 g/mol. The van der Waals surface area contributed by atoms with Crippen LogP contribution in [0.5, 0.6) is 0 Å². The summed E-state index contributed by atoms with van der Waals surface area (Å²) in [6.07, 6.45) is 2.64. The van der Waals surface area contributed by atoms with Crippen LogP contribution in [-0.4, -0.2) is 21.7 Å². The molecule has 0 unspecified atom stereocenters. The highest BCUT2D eigenvalue weighted by molar-refractivity contribution is 5.99. The van der Waals surface area contributed by atoms with Crippen LogP contribution in [0.2, 0.25) is 0 Å². The third-order valence-electron chi connectivity index (χ3n) is 5.55. The second-order valence-corrected chi connectivity index (χ2v) is 7.76. The number of aromatic amines is 1. The number of carbonyl (C=O) groups excluding carboxylic acids is 1. The van der Waals surface area contributed by atoms with Crippen LogP contribution in [0.15, 0.2) is 79.0 Å². The van der Waals surface area contributed by atoms with Gasteiger partial charge in [-0.05, 0) is 47.9 Å². The molecule has 166 valence electrons. The lowest BCUT2D eigenvalue weighted by molar-refractivity contribution is 0.100. The maximum Gasteiger partial charge on any atom is 0.249 e. The average Bonchev–Trinajstić information content (AvgIpc) is 3.32. The van der Waals surface area contributed by atoms with E-state index in [0.717, 1.165) is 17.7 Å². The molecule has 0 fully saturated rings. The Morgan fingerprint density at radius 2 is 1.82 bits per heavy atom. The highest BCUT2D eigenvalue weighted by Crippen LogP contribution is 2.29. The molecule has 7 N–H and O–H groups in total. The van der Waals surface area contributed by atoms with Gasteiger partial charge >= 0.3 is 0 Å². The van der Waals surface area contributed by atoms with Gasteiger partial charge in [0.25, 0.3) is 0 Å². The van der Waals surface area contributed by atoms with Crippen LogP contribution in [0.4, 0.5) is 5.69 Å². The minimum Gasteiger partial charge on any atom is -0.384 e. The number of carbonyl (C=O) groups is 1. The van der Waals surface area contributed by atoms with Crippen molar-refractivity contribution in [3.05, 3.63) is 107 Å². The van der Waals surface area contributed by atoms with Gasteiger partial charge in [-0.3, -0.25) is 10.2 Å². The highest BCUT2D eigenvalue weighted by Gasteiger charge is 2.20. The van der Waals surface area contributed by atoms with Crippen molar-refractivity contribution in [2.24, 2.45) is 11.5 Å². The van der Waals surface area contributed by atoms with Crippen molar-refractivity contribution < 1.29 is 4.79 Å². The predicted molar refractivity (Wildman–Crippen MR) is 131 cm³/mol. The normalized spacial score (nSPS) is 11.7. The zero-order valence-corrected chi connectivity index (χ0v) is 18.3. The summed E-state index contributed by atoms with van der Waals surface area (Å²) in [5.74, 6) is 0.239. The van der Waals surface area contributed by atoms with Gasteiger partial charge in [-0.2, -0.15) is 0 Å². The van der Waals surface area contributed by atoms with Gasteiger partial charge in [0.05, 0.1) is 11.9 Å². The van der Waals surface area contributed by atoms with E-state index in [2.05, 4.69) is 40.4 Å². The lowest BCUT2D eigenvalue weighted by atomic mass is 10.0. The summed E-state index contributed by atoms with van der Waals surface area (Å²) in [4.78, 5) is 19.9. The summed E-state index contributed by atoms with van der Waals surface area (Å²) in [6.45, 7) is 2.12. The number of anilines is 1. The van der Waals surface area contributed by atoms with Gasteiger partial charge in [0.15, 0.2) is 0 Å². The summed E-state index contributed by atoms with van der Waals surface area (Å²) in [5, 5.41) is 11.1. The van der Waals surface area contributed by atoms with Crippen LogP contribution in [0.3, 0.4) is 0 Å². The molecule has 0 aliphatic rings. The fourth-order valence-electron chi connectivity index (χ4n) is 3.77. The van der Waals surface area contributed by atoms with Gasteiger partial charge in [0, 0.05) is 22.4 Å². The first-order chi connectivity index (χ1) is 16.0. The molecule has 1 atom stereocenters. The molecule has 0 radical (unpaired) electrons.